The van der Waals surface area contributed by atoms with E-state index in [4.69, 9.17) is 0 Å². The first-order valence-electron chi connectivity index (χ1n) is 4.08. The minimum Gasteiger partial charge on any atom is -0.390 e. The van der Waals surface area contributed by atoms with Crippen molar-refractivity contribution in [3.63, 3.8) is 0 Å². The minimum atomic E-state index is -0.681. The molecule has 0 aromatic heterocycles. The number of halogens is 1. The molecule has 0 aliphatic heterocycles. The summed E-state index contributed by atoms with van der Waals surface area (Å²) < 4.78 is 12.5. The van der Waals surface area contributed by atoms with Gasteiger partial charge in [-0.05, 0) is 38.1 Å². The van der Waals surface area contributed by atoms with Crippen molar-refractivity contribution in [3.05, 3.63) is 30.1 Å². The highest BCUT2D eigenvalue weighted by molar-refractivity contribution is 7.99. The molecule has 1 N–H and O–H groups in total. The molecule has 0 bridgehead atoms. The van der Waals surface area contributed by atoms with Gasteiger partial charge in [-0.3, -0.25) is 0 Å². The molecule has 0 fully saturated rings. The first kappa shape index (κ1) is 10.5. The molecule has 0 saturated heterocycles. The lowest BCUT2D eigenvalue weighted by molar-refractivity contribution is 0.107. The quantitative estimate of drug-likeness (QED) is 0.757. The summed E-state index contributed by atoms with van der Waals surface area (Å²) in [6.07, 6.45) is 0. The SMILES string of the molecule is CC(C)(O)CSc1ccc(F)cc1. The maximum absolute atomic E-state index is 12.5. The van der Waals surface area contributed by atoms with Gasteiger partial charge in [0.05, 0.1) is 5.60 Å². The Balaban J connectivity index is 2.51. The van der Waals surface area contributed by atoms with E-state index in [0.29, 0.717) is 5.75 Å². The van der Waals surface area contributed by atoms with Gasteiger partial charge in [-0.15, -0.1) is 11.8 Å². The Labute approximate surface area is 82.0 Å². The second-order valence-corrected chi connectivity index (χ2v) is 4.60. The maximum atomic E-state index is 12.5. The standard InChI is InChI=1S/C10H13FOS/c1-10(2,12)7-13-9-5-3-8(11)4-6-9/h3-6,12H,7H2,1-2H3. The van der Waals surface area contributed by atoms with E-state index >= 15 is 0 Å². The van der Waals surface area contributed by atoms with Crippen molar-refractivity contribution in [3.8, 4) is 0 Å². The third-order valence-electron chi connectivity index (χ3n) is 1.41. The van der Waals surface area contributed by atoms with Gasteiger partial charge in [-0.2, -0.15) is 0 Å². The maximum Gasteiger partial charge on any atom is 0.123 e. The van der Waals surface area contributed by atoms with Crippen molar-refractivity contribution in [2.75, 3.05) is 5.75 Å². The average molecular weight is 200 g/mol. The molecule has 72 valence electrons. The molecule has 0 aliphatic rings. The predicted molar refractivity (Wildman–Crippen MR) is 53.4 cm³/mol. The van der Waals surface area contributed by atoms with Crippen molar-refractivity contribution in [2.24, 2.45) is 0 Å². The van der Waals surface area contributed by atoms with Crippen LogP contribution in [0.25, 0.3) is 0 Å². The number of hydrogen-bond acceptors (Lipinski definition) is 2. The summed E-state index contributed by atoms with van der Waals surface area (Å²) in [6, 6.07) is 6.27. The Morgan fingerprint density at radius 3 is 2.31 bits per heavy atom. The second-order valence-electron chi connectivity index (χ2n) is 3.56. The molecular formula is C10H13FOS. The Hall–Kier alpha value is -0.540. The number of rotatable bonds is 3. The van der Waals surface area contributed by atoms with E-state index in [2.05, 4.69) is 0 Å². The van der Waals surface area contributed by atoms with Crippen LogP contribution in [0.2, 0.25) is 0 Å². The zero-order chi connectivity index (χ0) is 9.90. The van der Waals surface area contributed by atoms with Crippen LogP contribution in [0.3, 0.4) is 0 Å². The van der Waals surface area contributed by atoms with Gasteiger partial charge in [0.2, 0.25) is 0 Å². The summed E-state index contributed by atoms with van der Waals surface area (Å²) in [5, 5.41) is 9.44. The van der Waals surface area contributed by atoms with Crippen LogP contribution in [0.5, 0.6) is 0 Å². The highest BCUT2D eigenvalue weighted by Crippen LogP contribution is 2.22. The van der Waals surface area contributed by atoms with Gasteiger partial charge in [0.1, 0.15) is 5.82 Å². The number of thioether (sulfide) groups is 1. The number of hydrogen-bond donors (Lipinski definition) is 1. The summed E-state index contributed by atoms with van der Waals surface area (Å²) in [4.78, 5) is 0.975. The molecule has 1 rings (SSSR count). The highest BCUT2D eigenvalue weighted by Gasteiger charge is 2.12. The van der Waals surface area contributed by atoms with E-state index in [0.717, 1.165) is 4.90 Å². The molecule has 0 unspecified atom stereocenters. The molecule has 1 aromatic carbocycles. The molecular weight excluding hydrogens is 187 g/mol. The van der Waals surface area contributed by atoms with Crippen LogP contribution in [0, 0.1) is 5.82 Å². The van der Waals surface area contributed by atoms with Crippen LogP contribution in [-0.2, 0) is 0 Å². The van der Waals surface area contributed by atoms with E-state index in [1.165, 1.54) is 23.9 Å². The van der Waals surface area contributed by atoms with E-state index in [9.17, 15) is 9.50 Å². The average Bonchev–Trinajstić information content (AvgIpc) is 2.02. The van der Waals surface area contributed by atoms with E-state index in [1.807, 2.05) is 0 Å². The first-order valence-corrected chi connectivity index (χ1v) is 5.07. The fourth-order valence-corrected chi connectivity index (χ4v) is 1.64. The van der Waals surface area contributed by atoms with Gasteiger partial charge < -0.3 is 5.11 Å². The van der Waals surface area contributed by atoms with Crippen LogP contribution >= 0.6 is 11.8 Å². The molecule has 3 heteroatoms. The third kappa shape index (κ3) is 4.29. The Kier molecular flexibility index (Phi) is 3.33. The zero-order valence-electron chi connectivity index (χ0n) is 7.75. The molecule has 0 saturated carbocycles. The zero-order valence-corrected chi connectivity index (χ0v) is 8.57. The molecule has 1 aromatic rings. The van der Waals surface area contributed by atoms with Gasteiger partial charge in [-0.1, -0.05) is 0 Å². The molecule has 1 nitrogen and oxygen atoms in total. The minimum absolute atomic E-state index is 0.229. The summed E-state index contributed by atoms with van der Waals surface area (Å²) in [5.74, 6) is 0.381. The van der Waals surface area contributed by atoms with Crippen LogP contribution in [0.15, 0.2) is 29.2 Å². The number of benzene rings is 1. The summed E-state index contributed by atoms with van der Waals surface area (Å²) in [6.45, 7) is 3.51. The van der Waals surface area contributed by atoms with Crippen molar-refractivity contribution in [1.82, 2.24) is 0 Å². The van der Waals surface area contributed by atoms with Crippen LogP contribution in [-0.4, -0.2) is 16.5 Å². The van der Waals surface area contributed by atoms with Gasteiger partial charge in [-0.25, -0.2) is 4.39 Å². The van der Waals surface area contributed by atoms with E-state index < -0.39 is 5.60 Å². The monoisotopic (exact) mass is 200 g/mol. The Bertz CT molecular complexity index is 263. The van der Waals surface area contributed by atoms with Gasteiger partial charge in [0.25, 0.3) is 0 Å². The molecule has 0 heterocycles. The normalized spacial score (nSPS) is 11.7. The van der Waals surface area contributed by atoms with Gasteiger partial charge in [0, 0.05) is 10.6 Å². The van der Waals surface area contributed by atoms with Crippen molar-refractivity contribution in [1.29, 1.82) is 0 Å². The summed E-state index contributed by atoms with van der Waals surface area (Å²) in [7, 11) is 0. The molecule has 0 aliphatic carbocycles. The Morgan fingerprint density at radius 1 is 1.31 bits per heavy atom. The first-order chi connectivity index (χ1) is 5.97. The largest absolute Gasteiger partial charge is 0.390 e. The van der Waals surface area contributed by atoms with Crippen molar-refractivity contribution < 1.29 is 9.50 Å². The summed E-state index contributed by atoms with van der Waals surface area (Å²) >= 11 is 1.52. The lowest BCUT2D eigenvalue weighted by atomic mass is 10.2. The number of aliphatic hydroxyl groups is 1. The van der Waals surface area contributed by atoms with Crippen LogP contribution in [0.1, 0.15) is 13.8 Å². The molecule has 0 spiro atoms. The third-order valence-corrected chi connectivity index (χ3v) is 2.86. The van der Waals surface area contributed by atoms with Gasteiger partial charge in [0.15, 0.2) is 0 Å². The smallest absolute Gasteiger partial charge is 0.123 e. The van der Waals surface area contributed by atoms with Gasteiger partial charge >= 0.3 is 0 Å². The van der Waals surface area contributed by atoms with E-state index in [1.54, 1.807) is 26.0 Å². The van der Waals surface area contributed by atoms with Crippen LogP contribution < -0.4 is 0 Å². The molecule has 13 heavy (non-hydrogen) atoms. The molecule has 0 atom stereocenters. The van der Waals surface area contributed by atoms with Crippen molar-refractivity contribution >= 4 is 11.8 Å². The molecule has 0 amide bonds. The predicted octanol–water partition coefficient (Wildman–Crippen LogP) is 2.69. The van der Waals surface area contributed by atoms with Crippen LogP contribution in [0.4, 0.5) is 4.39 Å². The lowest BCUT2D eigenvalue weighted by Gasteiger charge is -2.15. The molecule has 0 radical (unpaired) electrons. The second kappa shape index (κ2) is 4.11. The summed E-state index contributed by atoms with van der Waals surface area (Å²) in [5.41, 5.74) is -0.681. The Morgan fingerprint density at radius 2 is 1.85 bits per heavy atom. The fraction of sp³-hybridized carbons (Fsp3) is 0.400. The van der Waals surface area contributed by atoms with E-state index in [-0.39, 0.29) is 5.82 Å². The van der Waals surface area contributed by atoms with Crippen molar-refractivity contribution in [2.45, 2.75) is 24.3 Å². The topological polar surface area (TPSA) is 20.2 Å². The highest BCUT2D eigenvalue weighted by atomic mass is 32.2. The lowest BCUT2D eigenvalue weighted by Crippen LogP contribution is -2.21. The fourth-order valence-electron chi connectivity index (χ4n) is 0.791.